The van der Waals surface area contributed by atoms with Crippen LogP contribution < -0.4 is 5.32 Å². The summed E-state index contributed by atoms with van der Waals surface area (Å²) in [5.74, 6) is -0.617. The van der Waals surface area contributed by atoms with E-state index in [1.165, 1.54) is 21.0 Å². The highest BCUT2D eigenvalue weighted by Crippen LogP contribution is 2.10. The summed E-state index contributed by atoms with van der Waals surface area (Å²) in [5, 5.41) is 12.6. The van der Waals surface area contributed by atoms with E-state index in [2.05, 4.69) is 15.1 Å². The van der Waals surface area contributed by atoms with Crippen LogP contribution in [0.4, 0.5) is 0 Å². The van der Waals surface area contributed by atoms with Gasteiger partial charge in [-0.15, -0.1) is 0 Å². The van der Waals surface area contributed by atoms with E-state index in [4.69, 9.17) is 0 Å². The molecule has 0 rings (SSSR count). The zero-order valence-corrected chi connectivity index (χ0v) is 9.16. The minimum absolute atomic E-state index is 0.617. The minimum atomic E-state index is -1.18. The zero-order valence-electron chi connectivity index (χ0n) is 9.16. The summed E-state index contributed by atoms with van der Waals surface area (Å²) in [4.78, 5) is 20.0. The molecule has 0 saturated carbocycles. The molecule has 14 heavy (non-hydrogen) atoms. The average molecular weight is 205 g/mol. The molecule has 5 nitrogen and oxygen atoms in total. The van der Waals surface area contributed by atoms with Crippen molar-refractivity contribution in [3.8, 4) is 0 Å². The fraction of sp³-hybridized carbons (Fsp3) is 0.889. The molecule has 0 aliphatic carbocycles. The van der Waals surface area contributed by atoms with E-state index in [1.54, 1.807) is 0 Å². The molecule has 0 spiro atoms. The maximum absolute atomic E-state index is 11.3. The van der Waals surface area contributed by atoms with Crippen LogP contribution in [0.15, 0.2) is 0 Å². The SMILES string of the molecule is CCCN[C@H](C(=O)OOC)C(C)(C)O. The molecule has 0 bridgehead atoms. The molecule has 0 aromatic rings. The second kappa shape index (κ2) is 5.95. The summed E-state index contributed by atoms with van der Waals surface area (Å²) in [7, 11) is 1.25. The lowest BCUT2D eigenvalue weighted by Crippen LogP contribution is -2.52. The molecular formula is C9H19NO4. The van der Waals surface area contributed by atoms with E-state index >= 15 is 0 Å². The molecule has 0 fully saturated rings. The highest BCUT2D eigenvalue weighted by molar-refractivity contribution is 5.76. The number of nitrogens with one attached hydrogen (secondary N) is 1. The molecule has 0 heterocycles. The summed E-state index contributed by atoms with van der Waals surface area (Å²) in [5.41, 5.74) is -1.18. The predicted molar refractivity (Wildman–Crippen MR) is 51.5 cm³/mol. The van der Waals surface area contributed by atoms with Gasteiger partial charge in [-0.05, 0) is 26.8 Å². The van der Waals surface area contributed by atoms with Crippen molar-refractivity contribution in [2.24, 2.45) is 0 Å². The topological polar surface area (TPSA) is 67.8 Å². The van der Waals surface area contributed by atoms with E-state index < -0.39 is 17.6 Å². The second-order valence-corrected chi connectivity index (χ2v) is 3.61. The molecule has 0 saturated heterocycles. The molecule has 0 amide bonds. The number of carbonyl (C=O) groups is 1. The van der Waals surface area contributed by atoms with Crippen LogP contribution in [0.2, 0.25) is 0 Å². The lowest BCUT2D eigenvalue weighted by molar-refractivity contribution is -0.260. The Kier molecular flexibility index (Phi) is 5.68. The quantitative estimate of drug-likeness (QED) is 0.480. The Labute approximate surface area is 84.3 Å². The van der Waals surface area contributed by atoms with Gasteiger partial charge in [0.1, 0.15) is 6.04 Å². The summed E-state index contributed by atoms with van der Waals surface area (Å²) in [6.45, 7) is 5.68. The Balaban J connectivity index is 4.31. The van der Waals surface area contributed by atoms with Crippen molar-refractivity contribution >= 4 is 5.97 Å². The molecule has 0 aliphatic rings. The monoisotopic (exact) mass is 205 g/mol. The van der Waals surface area contributed by atoms with Crippen LogP contribution in [-0.4, -0.2) is 36.4 Å². The van der Waals surface area contributed by atoms with Crippen LogP contribution in [-0.2, 0) is 14.6 Å². The van der Waals surface area contributed by atoms with Crippen LogP contribution in [0.3, 0.4) is 0 Å². The first-order valence-corrected chi connectivity index (χ1v) is 4.63. The third kappa shape index (κ3) is 4.55. The first kappa shape index (κ1) is 13.4. The van der Waals surface area contributed by atoms with E-state index in [0.29, 0.717) is 6.54 Å². The normalized spacial score (nSPS) is 13.8. The number of aliphatic hydroxyl groups is 1. The van der Waals surface area contributed by atoms with Gasteiger partial charge in [0.15, 0.2) is 0 Å². The lowest BCUT2D eigenvalue weighted by Gasteiger charge is -2.27. The Hall–Kier alpha value is -0.650. The molecular weight excluding hydrogens is 186 g/mol. The van der Waals surface area contributed by atoms with Gasteiger partial charge < -0.3 is 10.4 Å². The Bertz CT molecular complexity index is 176. The van der Waals surface area contributed by atoms with Gasteiger partial charge in [0, 0.05) is 0 Å². The molecule has 0 aromatic carbocycles. The predicted octanol–water partition coefficient (Wildman–Crippen LogP) is 0.230. The molecule has 0 aromatic heterocycles. The van der Waals surface area contributed by atoms with Gasteiger partial charge in [-0.3, -0.25) is 4.89 Å². The van der Waals surface area contributed by atoms with Gasteiger partial charge in [-0.1, -0.05) is 6.92 Å². The molecule has 0 unspecified atom stereocenters. The average Bonchev–Trinajstić information content (AvgIpc) is 2.03. The van der Waals surface area contributed by atoms with Gasteiger partial charge >= 0.3 is 5.97 Å². The fourth-order valence-corrected chi connectivity index (χ4v) is 1.04. The van der Waals surface area contributed by atoms with Gasteiger partial charge in [0.2, 0.25) is 0 Å². The van der Waals surface area contributed by atoms with Crippen LogP contribution >= 0.6 is 0 Å². The van der Waals surface area contributed by atoms with Crippen molar-refractivity contribution in [3.63, 3.8) is 0 Å². The maximum Gasteiger partial charge on any atom is 0.361 e. The van der Waals surface area contributed by atoms with Crippen LogP contribution in [0.5, 0.6) is 0 Å². The highest BCUT2D eigenvalue weighted by Gasteiger charge is 2.34. The molecule has 84 valence electrons. The first-order valence-electron chi connectivity index (χ1n) is 4.63. The zero-order chi connectivity index (χ0) is 11.2. The summed E-state index contributed by atoms with van der Waals surface area (Å²) in [6.07, 6.45) is 0.868. The van der Waals surface area contributed by atoms with Crippen molar-refractivity contribution in [1.82, 2.24) is 5.32 Å². The smallest absolute Gasteiger partial charge is 0.361 e. The third-order valence-corrected chi connectivity index (χ3v) is 1.71. The summed E-state index contributed by atoms with van der Waals surface area (Å²) >= 11 is 0. The fourth-order valence-electron chi connectivity index (χ4n) is 1.04. The highest BCUT2D eigenvalue weighted by atomic mass is 17.2. The van der Waals surface area contributed by atoms with Gasteiger partial charge in [-0.2, -0.15) is 4.89 Å². The Morgan fingerprint density at radius 1 is 1.57 bits per heavy atom. The van der Waals surface area contributed by atoms with E-state index in [1.807, 2.05) is 6.92 Å². The Morgan fingerprint density at radius 3 is 2.50 bits per heavy atom. The van der Waals surface area contributed by atoms with E-state index in [9.17, 15) is 9.90 Å². The standard InChI is InChI=1S/C9H19NO4/c1-5-6-10-7(9(2,3)12)8(11)14-13-4/h7,10,12H,5-6H2,1-4H3/t7-/m1/s1. The maximum atomic E-state index is 11.3. The summed E-state index contributed by atoms with van der Waals surface area (Å²) in [6, 6.07) is -0.776. The largest absolute Gasteiger partial charge is 0.388 e. The van der Waals surface area contributed by atoms with Gasteiger partial charge in [0.05, 0.1) is 12.7 Å². The van der Waals surface area contributed by atoms with Crippen LogP contribution in [0.25, 0.3) is 0 Å². The lowest BCUT2D eigenvalue weighted by atomic mass is 9.99. The summed E-state index contributed by atoms with van der Waals surface area (Å²) < 4.78 is 0. The van der Waals surface area contributed by atoms with E-state index in [-0.39, 0.29) is 0 Å². The number of hydrogen-bond donors (Lipinski definition) is 2. The van der Waals surface area contributed by atoms with Crippen molar-refractivity contribution in [3.05, 3.63) is 0 Å². The number of rotatable bonds is 6. The molecule has 0 aliphatic heterocycles. The minimum Gasteiger partial charge on any atom is -0.388 e. The first-order chi connectivity index (χ1) is 6.43. The second-order valence-electron chi connectivity index (χ2n) is 3.61. The van der Waals surface area contributed by atoms with E-state index in [0.717, 1.165) is 6.42 Å². The van der Waals surface area contributed by atoms with Crippen LogP contribution in [0.1, 0.15) is 27.2 Å². The van der Waals surface area contributed by atoms with Crippen molar-refractivity contribution in [2.45, 2.75) is 38.8 Å². The molecule has 0 radical (unpaired) electrons. The molecule has 1 atom stereocenters. The van der Waals surface area contributed by atoms with Crippen molar-refractivity contribution in [2.75, 3.05) is 13.7 Å². The molecule has 5 heteroatoms. The Morgan fingerprint density at radius 2 is 2.14 bits per heavy atom. The van der Waals surface area contributed by atoms with Crippen molar-refractivity contribution in [1.29, 1.82) is 0 Å². The molecule has 2 N–H and O–H groups in total. The van der Waals surface area contributed by atoms with Crippen LogP contribution in [0, 0.1) is 0 Å². The van der Waals surface area contributed by atoms with Gasteiger partial charge in [-0.25, -0.2) is 4.79 Å². The number of hydrogen-bond acceptors (Lipinski definition) is 5. The van der Waals surface area contributed by atoms with Gasteiger partial charge in [0.25, 0.3) is 0 Å². The van der Waals surface area contributed by atoms with Crippen molar-refractivity contribution < 1.29 is 19.7 Å². The number of carbonyl (C=O) groups excluding carboxylic acids is 1. The third-order valence-electron chi connectivity index (χ3n) is 1.71.